The van der Waals surface area contributed by atoms with Gasteiger partial charge in [-0.05, 0) is 19.3 Å². The Morgan fingerprint density at radius 2 is 1.62 bits per heavy atom. The Balaban J connectivity index is 0.00000144. The molecule has 0 atom stereocenters. The molecule has 1 aliphatic rings. The van der Waals surface area contributed by atoms with Gasteiger partial charge in [0.1, 0.15) is 0 Å². The Hall–Kier alpha value is -0.0800. The van der Waals surface area contributed by atoms with E-state index in [1.165, 1.54) is 51.4 Å². The lowest BCUT2D eigenvalue weighted by Gasteiger charge is -2.01. The molecule has 0 aromatic heterocycles. The van der Waals surface area contributed by atoms with Crippen molar-refractivity contribution in [1.29, 1.82) is 0 Å². The molecule has 0 aromatic rings. The van der Waals surface area contributed by atoms with Crippen LogP contribution in [0.2, 0.25) is 0 Å². The van der Waals surface area contributed by atoms with E-state index >= 15 is 0 Å². The van der Waals surface area contributed by atoms with Crippen molar-refractivity contribution in [3.05, 3.63) is 0 Å². The zero-order chi connectivity index (χ0) is 8.65. The molecule has 2 heteroatoms. The molecular formula is C11H25NO. The van der Waals surface area contributed by atoms with Crippen LogP contribution in [0.15, 0.2) is 0 Å². The predicted octanol–water partition coefficient (Wildman–Crippen LogP) is 3.69. The maximum Gasteiger partial charge on any atom is 0.0577 e. The first-order chi connectivity index (χ1) is 5.93. The van der Waals surface area contributed by atoms with Gasteiger partial charge < -0.3 is 10.9 Å². The summed E-state index contributed by atoms with van der Waals surface area (Å²) in [6.45, 7) is 3.27. The van der Waals surface area contributed by atoms with Gasteiger partial charge in [0.2, 0.25) is 0 Å². The fourth-order valence-corrected chi connectivity index (χ4v) is 1.37. The van der Waals surface area contributed by atoms with Crippen LogP contribution < -0.4 is 6.15 Å². The maximum absolute atomic E-state index is 5.56. The van der Waals surface area contributed by atoms with E-state index < -0.39 is 0 Å². The van der Waals surface area contributed by atoms with Crippen LogP contribution in [0.4, 0.5) is 0 Å². The van der Waals surface area contributed by atoms with Gasteiger partial charge in [-0.3, -0.25) is 0 Å². The summed E-state index contributed by atoms with van der Waals surface area (Å²) in [4.78, 5) is 0. The van der Waals surface area contributed by atoms with Crippen LogP contribution in [0.3, 0.4) is 0 Å². The van der Waals surface area contributed by atoms with E-state index in [0.717, 1.165) is 6.61 Å². The Labute approximate surface area is 82.6 Å². The van der Waals surface area contributed by atoms with Crippen molar-refractivity contribution < 1.29 is 4.74 Å². The third kappa shape index (κ3) is 8.26. The van der Waals surface area contributed by atoms with Gasteiger partial charge in [-0.25, -0.2) is 0 Å². The van der Waals surface area contributed by atoms with Crippen LogP contribution >= 0.6 is 0 Å². The summed E-state index contributed by atoms with van der Waals surface area (Å²) < 4.78 is 5.56. The molecule has 13 heavy (non-hydrogen) atoms. The topological polar surface area (TPSA) is 44.2 Å². The molecular weight excluding hydrogens is 162 g/mol. The first-order valence-electron chi connectivity index (χ1n) is 5.55. The lowest BCUT2D eigenvalue weighted by molar-refractivity contribution is 0.115. The van der Waals surface area contributed by atoms with Crippen LogP contribution in [-0.2, 0) is 4.74 Å². The Morgan fingerprint density at radius 1 is 1.00 bits per heavy atom. The predicted molar refractivity (Wildman–Crippen MR) is 57.4 cm³/mol. The summed E-state index contributed by atoms with van der Waals surface area (Å²) in [6, 6.07) is 0. The van der Waals surface area contributed by atoms with Crippen molar-refractivity contribution in [2.24, 2.45) is 0 Å². The molecule has 0 aromatic carbocycles. The summed E-state index contributed by atoms with van der Waals surface area (Å²) in [7, 11) is 0. The lowest BCUT2D eigenvalue weighted by atomic mass is 10.1. The second kappa shape index (κ2) is 8.52. The molecule has 1 rings (SSSR count). The minimum Gasteiger partial charge on any atom is -0.378 e. The lowest BCUT2D eigenvalue weighted by Crippen LogP contribution is -1.95. The van der Waals surface area contributed by atoms with Gasteiger partial charge in [0.05, 0.1) is 6.10 Å². The Morgan fingerprint density at radius 3 is 2.23 bits per heavy atom. The van der Waals surface area contributed by atoms with Crippen LogP contribution in [0, 0.1) is 0 Å². The smallest absolute Gasteiger partial charge is 0.0577 e. The van der Waals surface area contributed by atoms with E-state index in [1.54, 1.807) is 0 Å². The quantitative estimate of drug-likeness (QED) is 0.589. The number of unbranched alkanes of at least 4 members (excludes halogenated alkanes) is 5. The van der Waals surface area contributed by atoms with Gasteiger partial charge in [-0.1, -0.05) is 39.0 Å². The molecule has 0 aliphatic heterocycles. The Bertz CT molecular complexity index is 102. The van der Waals surface area contributed by atoms with Gasteiger partial charge in [-0.2, -0.15) is 0 Å². The van der Waals surface area contributed by atoms with Gasteiger partial charge in [-0.15, -0.1) is 0 Å². The van der Waals surface area contributed by atoms with Crippen molar-refractivity contribution in [2.75, 3.05) is 6.61 Å². The average Bonchev–Trinajstić information content (AvgIpc) is 2.87. The molecule has 0 spiro atoms. The molecule has 0 heterocycles. The zero-order valence-electron chi connectivity index (χ0n) is 9.06. The SMILES string of the molecule is CCCCCCCCOC1CC1.N. The van der Waals surface area contributed by atoms with Gasteiger partial charge >= 0.3 is 0 Å². The second-order valence-electron chi connectivity index (χ2n) is 3.84. The van der Waals surface area contributed by atoms with Crippen molar-refractivity contribution in [3.8, 4) is 0 Å². The molecule has 3 N–H and O–H groups in total. The molecule has 1 fully saturated rings. The molecule has 0 saturated heterocycles. The first-order valence-corrected chi connectivity index (χ1v) is 5.55. The van der Waals surface area contributed by atoms with Crippen LogP contribution in [0.1, 0.15) is 58.3 Å². The van der Waals surface area contributed by atoms with E-state index in [0.29, 0.717) is 6.10 Å². The zero-order valence-corrected chi connectivity index (χ0v) is 9.06. The summed E-state index contributed by atoms with van der Waals surface area (Å²) in [5, 5.41) is 0. The van der Waals surface area contributed by atoms with Gasteiger partial charge in [0.15, 0.2) is 0 Å². The molecule has 0 unspecified atom stereocenters. The van der Waals surface area contributed by atoms with E-state index in [2.05, 4.69) is 6.92 Å². The van der Waals surface area contributed by atoms with E-state index in [9.17, 15) is 0 Å². The number of hydrogen-bond donors (Lipinski definition) is 1. The van der Waals surface area contributed by atoms with Crippen LogP contribution in [-0.4, -0.2) is 12.7 Å². The summed E-state index contributed by atoms with van der Waals surface area (Å²) in [5.41, 5.74) is 0. The highest BCUT2D eigenvalue weighted by Gasteiger charge is 2.21. The Kier molecular flexibility index (Phi) is 8.46. The van der Waals surface area contributed by atoms with Crippen molar-refractivity contribution in [2.45, 2.75) is 64.4 Å². The van der Waals surface area contributed by atoms with Gasteiger partial charge in [0, 0.05) is 6.61 Å². The molecule has 1 saturated carbocycles. The summed E-state index contributed by atoms with van der Waals surface area (Å²) >= 11 is 0. The fourth-order valence-electron chi connectivity index (χ4n) is 1.37. The van der Waals surface area contributed by atoms with Crippen LogP contribution in [0.5, 0.6) is 0 Å². The number of ether oxygens (including phenoxy) is 1. The fraction of sp³-hybridized carbons (Fsp3) is 1.00. The third-order valence-corrected chi connectivity index (χ3v) is 2.38. The summed E-state index contributed by atoms with van der Waals surface area (Å²) in [5.74, 6) is 0. The highest BCUT2D eigenvalue weighted by atomic mass is 16.5. The molecule has 0 bridgehead atoms. The van der Waals surface area contributed by atoms with E-state index in [4.69, 9.17) is 4.74 Å². The molecule has 0 radical (unpaired) electrons. The second-order valence-corrected chi connectivity index (χ2v) is 3.84. The minimum absolute atomic E-state index is 0. The van der Waals surface area contributed by atoms with E-state index in [1.807, 2.05) is 0 Å². The van der Waals surface area contributed by atoms with Crippen molar-refractivity contribution in [3.63, 3.8) is 0 Å². The van der Waals surface area contributed by atoms with E-state index in [-0.39, 0.29) is 6.15 Å². The molecule has 1 aliphatic carbocycles. The minimum atomic E-state index is 0. The normalized spacial score (nSPS) is 15.5. The van der Waals surface area contributed by atoms with Gasteiger partial charge in [0.25, 0.3) is 0 Å². The molecule has 80 valence electrons. The molecule has 0 amide bonds. The standard InChI is InChI=1S/C11H22O.H3N/c1-2-3-4-5-6-7-10-12-11-8-9-11;/h11H,2-10H2,1H3;1H3. The van der Waals surface area contributed by atoms with Crippen molar-refractivity contribution in [1.82, 2.24) is 6.15 Å². The highest BCUT2D eigenvalue weighted by molar-refractivity contribution is 4.72. The van der Waals surface area contributed by atoms with Crippen molar-refractivity contribution >= 4 is 0 Å². The number of rotatable bonds is 8. The first kappa shape index (κ1) is 12.9. The summed E-state index contributed by atoms with van der Waals surface area (Å²) in [6.07, 6.45) is 11.5. The highest BCUT2D eigenvalue weighted by Crippen LogP contribution is 2.23. The molecule has 2 nitrogen and oxygen atoms in total. The van der Waals surface area contributed by atoms with Crippen LogP contribution in [0.25, 0.3) is 0 Å². The monoisotopic (exact) mass is 187 g/mol. The average molecular weight is 187 g/mol. The maximum atomic E-state index is 5.56. The third-order valence-electron chi connectivity index (χ3n) is 2.38. The largest absolute Gasteiger partial charge is 0.378 e. The number of hydrogen-bond acceptors (Lipinski definition) is 2.